The number of hydrogen-bond donors (Lipinski definition) is 0. The van der Waals surface area contributed by atoms with Crippen LogP contribution in [0.25, 0.3) is 0 Å². The highest BCUT2D eigenvalue weighted by Gasteiger charge is 2.03. The number of unbranched alkanes of at least 4 members (excludes halogenated alkanes) is 48. The summed E-state index contributed by atoms with van der Waals surface area (Å²) in [6.45, 7) is 5.23. The average molecular weight is 844 g/mol. The van der Waals surface area contributed by atoms with Crippen LogP contribution in [-0.4, -0.2) is 12.6 Å². The van der Waals surface area contributed by atoms with Crippen LogP contribution in [0.4, 0.5) is 0 Å². The second kappa shape index (κ2) is 56.2. The summed E-state index contributed by atoms with van der Waals surface area (Å²) in [5.41, 5.74) is 0. The Labute approximate surface area is 380 Å². The highest BCUT2D eigenvalue weighted by Crippen LogP contribution is 2.18. The monoisotopic (exact) mass is 843 g/mol. The summed E-state index contributed by atoms with van der Waals surface area (Å²) in [5, 5.41) is 0. The third-order valence-electron chi connectivity index (χ3n) is 13.4. The molecule has 0 amide bonds. The SMILES string of the molecule is CCCCCCCCC=CCCCCCCCCCC(=O)OCCCCCCCCCCCCCCCCCCCCCCCCCCCCCCCCCCCCCC. The molecule has 0 radical (unpaired) electrons. The van der Waals surface area contributed by atoms with E-state index in [1.54, 1.807) is 0 Å². The summed E-state index contributed by atoms with van der Waals surface area (Å²) in [7, 11) is 0. The van der Waals surface area contributed by atoms with Gasteiger partial charge in [-0.3, -0.25) is 4.79 Å². The van der Waals surface area contributed by atoms with Gasteiger partial charge in [-0.15, -0.1) is 0 Å². The molecule has 0 rings (SSSR count). The molecule has 0 bridgehead atoms. The van der Waals surface area contributed by atoms with Crippen LogP contribution in [0.2, 0.25) is 0 Å². The fourth-order valence-electron chi connectivity index (χ4n) is 9.14. The van der Waals surface area contributed by atoms with Crippen molar-refractivity contribution in [3.8, 4) is 0 Å². The first-order valence-corrected chi connectivity index (χ1v) is 28.6. The number of allylic oxidation sites excluding steroid dienone is 2. The molecule has 60 heavy (non-hydrogen) atoms. The lowest BCUT2D eigenvalue weighted by molar-refractivity contribution is -0.143. The van der Waals surface area contributed by atoms with Gasteiger partial charge in [-0.1, -0.05) is 315 Å². The first kappa shape index (κ1) is 59.2. The number of carbonyl (C=O) groups is 1. The second-order valence-electron chi connectivity index (χ2n) is 19.6. The maximum absolute atomic E-state index is 12.1. The quantitative estimate of drug-likeness (QED) is 0.0346. The molecule has 0 aromatic heterocycles. The highest BCUT2D eigenvalue weighted by atomic mass is 16.5. The molecule has 0 saturated carbocycles. The summed E-state index contributed by atoms with van der Waals surface area (Å²) >= 11 is 0. The minimum Gasteiger partial charge on any atom is -0.466 e. The Bertz CT molecular complexity index is 788. The van der Waals surface area contributed by atoms with Crippen LogP contribution in [0, 0.1) is 0 Å². The molecule has 0 spiro atoms. The molecular formula is C58H114O2. The Balaban J connectivity index is 3.14. The highest BCUT2D eigenvalue weighted by molar-refractivity contribution is 5.69. The molecule has 358 valence electrons. The number of hydrogen-bond acceptors (Lipinski definition) is 2. The fraction of sp³-hybridized carbons (Fsp3) is 0.948. The van der Waals surface area contributed by atoms with Crippen molar-refractivity contribution in [1.82, 2.24) is 0 Å². The Hall–Kier alpha value is -0.790. The zero-order valence-electron chi connectivity index (χ0n) is 41.9. The van der Waals surface area contributed by atoms with Gasteiger partial charge in [-0.05, 0) is 38.5 Å². The third-order valence-corrected chi connectivity index (χ3v) is 13.4. The molecule has 2 heteroatoms. The van der Waals surface area contributed by atoms with Crippen LogP contribution < -0.4 is 0 Å². The first-order valence-electron chi connectivity index (χ1n) is 28.6. The molecule has 0 atom stereocenters. The van der Waals surface area contributed by atoms with Gasteiger partial charge in [0.1, 0.15) is 0 Å². The van der Waals surface area contributed by atoms with Crippen LogP contribution in [-0.2, 0) is 9.53 Å². The van der Waals surface area contributed by atoms with Crippen LogP contribution in [0.1, 0.15) is 348 Å². The van der Waals surface area contributed by atoms with Crippen molar-refractivity contribution in [2.45, 2.75) is 348 Å². The lowest BCUT2D eigenvalue weighted by atomic mass is 10.0. The normalized spacial score (nSPS) is 11.7. The maximum Gasteiger partial charge on any atom is 0.305 e. The van der Waals surface area contributed by atoms with Crippen LogP contribution in [0.15, 0.2) is 12.2 Å². The zero-order valence-corrected chi connectivity index (χ0v) is 41.9. The molecule has 0 aromatic rings. The Morgan fingerprint density at radius 2 is 0.467 bits per heavy atom. The molecule has 2 nitrogen and oxygen atoms in total. The van der Waals surface area contributed by atoms with Gasteiger partial charge < -0.3 is 4.74 Å². The minimum absolute atomic E-state index is 0.0269. The molecule has 0 N–H and O–H groups in total. The van der Waals surface area contributed by atoms with E-state index in [0.717, 1.165) is 12.8 Å². The molecular weight excluding hydrogens is 729 g/mol. The van der Waals surface area contributed by atoms with Gasteiger partial charge in [0.15, 0.2) is 0 Å². The van der Waals surface area contributed by atoms with Crippen LogP contribution >= 0.6 is 0 Å². The number of ether oxygens (including phenoxy) is 1. The van der Waals surface area contributed by atoms with E-state index in [0.29, 0.717) is 13.0 Å². The average Bonchev–Trinajstić information content (AvgIpc) is 3.25. The summed E-state index contributed by atoms with van der Waals surface area (Å²) in [5.74, 6) is 0.0269. The van der Waals surface area contributed by atoms with Gasteiger partial charge in [-0.2, -0.15) is 0 Å². The summed E-state index contributed by atoms with van der Waals surface area (Å²) in [4.78, 5) is 12.1. The van der Waals surface area contributed by atoms with Crippen molar-refractivity contribution in [3.05, 3.63) is 12.2 Å². The summed E-state index contributed by atoms with van der Waals surface area (Å²) in [6.07, 6.45) is 76.9. The van der Waals surface area contributed by atoms with Crippen molar-refractivity contribution in [2.24, 2.45) is 0 Å². The van der Waals surface area contributed by atoms with Gasteiger partial charge in [-0.25, -0.2) is 0 Å². The number of esters is 1. The van der Waals surface area contributed by atoms with E-state index in [1.807, 2.05) is 0 Å². The van der Waals surface area contributed by atoms with E-state index in [4.69, 9.17) is 4.74 Å². The number of rotatable bonds is 54. The Morgan fingerprint density at radius 1 is 0.267 bits per heavy atom. The molecule has 0 saturated heterocycles. The molecule has 0 aliphatic carbocycles. The molecule has 0 fully saturated rings. The Kier molecular flexibility index (Phi) is 55.5. The van der Waals surface area contributed by atoms with Gasteiger partial charge in [0, 0.05) is 6.42 Å². The van der Waals surface area contributed by atoms with Crippen molar-refractivity contribution in [2.75, 3.05) is 6.61 Å². The smallest absolute Gasteiger partial charge is 0.305 e. The van der Waals surface area contributed by atoms with E-state index in [1.165, 1.54) is 315 Å². The van der Waals surface area contributed by atoms with Crippen molar-refractivity contribution < 1.29 is 9.53 Å². The van der Waals surface area contributed by atoms with E-state index in [-0.39, 0.29) is 5.97 Å². The van der Waals surface area contributed by atoms with Crippen molar-refractivity contribution in [1.29, 1.82) is 0 Å². The van der Waals surface area contributed by atoms with Gasteiger partial charge in [0.2, 0.25) is 0 Å². The second-order valence-corrected chi connectivity index (χ2v) is 19.6. The molecule has 0 aromatic carbocycles. The van der Waals surface area contributed by atoms with Crippen molar-refractivity contribution >= 4 is 5.97 Å². The lowest BCUT2D eigenvalue weighted by Gasteiger charge is -2.06. The van der Waals surface area contributed by atoms with E-state index >= 15 is 0 Å². The number of carbonyl (C=O) groups excluding carboxylic acids is 1. The van der Waals surface area contributed by atoms with Gasteiger partial charge >= 0.3 is 5.97 Å². The first-order chi connectivity index (χ1) is 29.8. The molecule has 0 aliphatic heterocycles. The summed E-state index contributed by atoms with van der Waals surface area (Å²) in [6, 6.07) is 0. The minimum atomic E-state index is 0.0269. The fourth-order valence-corrected chi connectivity index (χ4v) is 9.14. The standard InChI is InChI=1S/C58H114O2/c1-3-5-7-9-11-13-15-17-19-21-22-23-24-25-26-27-28-29-30-31-32-33-34-35-36-37-38-39-41-43-45-47-49-51-53-55-57-60-58(59)56-54-52-50-48-46-44-42-40-20-18-16-14-12-10-8-6-4-2/h18,20H,3-17,19,21-57H2,1-2H3. The summed E-state index contributed by atoms with van der Waals surface area (Å²) < 4.78 is 5.50. The van der Waals surface area contributed by atoms with Crippen molar-refractivity contribution in [3.63, 3.8) is 0 Å². The van der Waals surface area contributed by atoms with Crippen LogP contribution in [0.5, 0.6) is 0 Å². The van der Waals surface area contributed by atoms with Gasteiger partial charge in [0.05, 0.1) is 6.61 Å². The zero-order chi connectivity index (χ0) is 43.2. The predicted molar refractivity (Wildman–Crippen MR) is 272 cm³/mol. The van der Waals surface area contributed by atoms with Crippen LogP contribution in [0.3, 0.4) is 0 Å². The van der Waals surface area contributed by atoms with E-state index in [9.17, 15) is 4.79 Å². The largest absolute Gasteiger partial charge is 0.466 e. The Morgan fingerprint density at radius 3 is 0.717 bits per heavy atom. The molecule has 0 aliphatic rings. The predicted octanol–water partition coefficient (Wildman–Crippen LogP) is 21.4. The maximum atomic E-state index is 12.1. The van der Waals surface area contributed by atoms with E-state index < -0.39 is 0 Å². The molecule has 0 heterocycles. The lowest BCUT2D eigenvalue weighted by Crippen LogP contribution is -2.05. The molecule has 0 unspecified atom stereocenters. The third kappa shape index (κ3) is 55.2. The van der Waals surface area contributed by atoms with E-state index in [2.05, 4.69) is 26.0 Å². The topological polar surface area (TPSA) is 26.3 Å². The van der Waals surface area contributed by atoms with Gasteiger partial charge in [0.25, 0.3) is 0 Å².